The van der Waals surface area contributed by atoms with Gasteiger partial charge in [0.15, 0.2) is 23.0 Å². The van der Waals surface area contributed by atoms with Gasteiger partial charge in [-0.25, -0.2) is 0 Å². The summed E-state index contributed by atoms with van der Waals surface area (Å²) in [5, 5.41) is 38.7. The lowest BCUT2D eigenvalue weighted by molar-refractivity contribution is -0.916. The molecule has 0 spiro atoms. The maximum atomic E-state index is 9.80. The second kappa shape index (κ2) is 13.5. The van der Waals surface area contributed by atoms with E-state index in [-0.39, 0.29) is 57.0 Å². The SMILES string of the molecule is C[N+](C)(Cc1ccc(-c2ccc(C[N+](C)(C)Cc3ccc(O)c(O)c3)cc2)cc1)Cc1ccc(O)c(O)c1.[Br-].[Br-]. The fraction of sp³-hybridized carbons (Fsp3) is 0.250. The van der Waals surface area contributed by atoms with E-state index in [1.54, 1.807) is 12.1 Å². The lowest BCUT2D eigenvalue weighted by atomic mass is 10.0. The number of rotatable bonds is 9. The van der Waals surface area contributed by atoms with E-state index in [1.807, 2.05) is 12.1 Å². The third-order valence-corrected chi connectivity index (χ3v) is 6.76. The van der Waals surface area contributed by atoms with Crippen molar-refractivity contribution in [2.24, 2.45) is 0 Å². The summed E-state index contributed by atoms with van der Waals surface area (Å²) in [4.78, 5) is 0. The number of quaternary nitrogens is 2. The Morgan fingerprint density at radius 2 is 0.675 bits per heavy atom. The number of nitrogens with zero attached hydrogens (tertiary/aromatic N) is 2. The summed E-state index contributed by atoms with van der Waals surface area (Å²) >= 11 is 0. The normalized spacial score (nSPS) is 11.4. The van der Waals surface area contributed by atoms with Gasteiger partial charge in [-0.05, 0) is 47.5 Å². The van der Waals surface area contributed by atoms with Gasteiger partial charge in [0.1, 0.15) is 26.2 Å². The minimum atomic E-state index is -0.0966. The molecule has 0 aliphatic carbocycles. The molecule has 4 aromatic rings. The minimum absolute atomic E-state index is 0. The van der Waals surface area contributed by atoms with Gasteiger partial charge in [0.25, 0.3) is 0 Å². The Labute approximate surface area is 258 Å². The summed E-state index contributed by atoms with van der Waals surface area (Å²) in [6.45, 7) is 3.15. The summed E-state index contributed by atoms with van der Waals surface area (Å²) in [7, 11) is 8.61. The highest BCUT2D eigenvalue weighted by Crippen LogP contribution is 2.29. The summed E-state index contributed by atoms with van der Waals surface area (Å²) in [6, 6.07) is 27.3. The van der Waals surface area contributed by atoms with Crippen LogP contribution in [0.5, 0.6) is 23.0 Å². The molecule has 4 rings (SSSR count). The molecule has 4 N–H and O–H groups in total. The van der Waals surface area contributed by atoms with E-state index in [4.69, 9.17) is 0 Å². The number of hydrogen-bond acceptors (Lipinski definition) is 4. The molecule has 214 valence electrons. The Kier molecular flexibility index (Phi) is 11.2. The molecular formula is C32H38Br2N2O4. The van der Waals surface area contributed by atoms with Gasteiger partial charge in [-0.2, -0.15) is 0 Å². The molecule has 0 amide bonds. The fourth-order valence-electron chi connectivity index (χ4n) is 5.03. The zero-order valence-corrected chi connectivity index (χ0v) is 26.5. The third-order valence-electron chi connectivity index (χ3n) is 6.76. The van der Waals surface area contributed by atoms with Crippen molar-refractivity contribution in [3.8, 4) is 34.1 Å². The number of phenolic OH excluding ortho intramolecular Hbond substituents is 4. The van der Waals surface area contributed by atoms with E-state index in [2.05, 4.69) is 76.7 Å². The van der Waals surface area contributed by atoms with Gasteiger partial charge in [-0.1, -0.05) is 48.5 Å². The van der Waals surface area contributed by atoms with Crippen molar-refractivity contribution in [3.63, 3.8) is 0 Å². The first-order chi connectivity index (χ1) is 17.9. The molecular weight excluding hydrogens is 636 g/mol. The molecule has 8 heteroatoms. The molecule has 0 aromatic heterocycles. The van der Waals surface area contributed by atoms with Crippen molar-refractivity contribution >= 4 is 0 Å². The van der Waals surface area contributed by atoms with Gasteiger partial charge in [0, 0.05) is 22.3 Å². The van der Waals surface area contributed by atoms with Crippen LogP contribution in [0, 0.1) is 0 Å². The molecule has 40 heavy (non-hydrogen) atoms. The summed E-state index contributed by atoms with van der Waals surface area (Å²) < 4.78 is 1.44. The molecule has 0 saturated carbocycles. The number of halogens is 2. The molecule has 0 saturated heterocycles. The van der Waals surface area contributed by atoms with Crippen molar-refractivity contribution in [1.29, 1.82) is 0 Å². The van der Waals surface area contributed by atoms with Crippen LogP contribution >= 0.6 is 0 Å². The van der Waals surface area contributed by atoms with Crippen molar-refractivity contribution < 1.29 is 63.4 Å². The predicted molar refractivity (Wildman–Crippen MR) is 150 cm³/mol. The molecule has 0 bridgehead atoms. The molecule has 0 unspecified atom stereocenters. The molecule has 0 radical (unpaired) electrons. The van der Waals surface area contributed by atoms with Gasteiger partial charge in [-0.3, -0.25) is 0 Å². The first-order valence-corrected chi connectivity index (χ1v) is 12.7. The van der Waals surface area contributed by atoms with Gasteiger partial charge in [0.05, 0.1) is 28.2 Å². The molecule has 6 nitrogen and oxygen atoms in total. The average molecular weight is 674 g/mol. The highest BCUT2D eigenvalue weighted by molar-refractivity contribution is 5.64. The van der Waals surface area contributed by atoms with Crippen LogP contribution in [0.15, 0.2) is 84.9 Å². The molecule has 4 aromatic carbocycles. The Bertz CT molecular complexity index is 1300. The Morgan fingerprint density at radius 1 is 0.400 bits per heavy atom. The van der Waals surface area contributed by atoms with E-state index in [9.17, 15) is 20.4 Å². The van der Waals surface area contributed by atoms with Crippen LogP contribution in [0.25, 0.3) is 11.1 Å². The summed E-state index contributed by atoms with van der Waals surface area (Å²) in [6.07, 6.45) is 0. The maximum absolute atomic E-state index is 9.80. The second-order valence-electron chi connectivity index (χ2n) is 11.5. The van der Waals surface area contributed by atoms with Gasteiger partial charge in [0.2, 0.25) is 0 Å². The van der Waals surface area contributed by atoms with Crippen LogP contribution in [0.4, 0.5) is 0 Å². The molecule has 0 fully saturated rings. The topological polar surface area (TPSA) is 80.9 Å². The molecule has 0 aliphatic heterocycles. The van der Waals surface area contributed by atoms with Crippen molar-refractivity contribution in [2.75, 3.05) is 28.2 Å². The van der Waals surface area contributed by atoms with E-state index >= 15 is 0 Å². The van der Waals surface area contributed by atoms with Gasteiger partial charge < -0.3 is 63.4 Å². The van der Waals surface area contributed by atoms with Crippen LogP contribution in [0.1, 0.15) is 22.3 Å². The third kappa shape index (κ3) is 8.99. The Balaban J connectivity index is 0.00000280. The van der Waals surface area contributed by atoms with Crippen LogP contribution in [0.3, 0.4) is 0 Å². The Morgan fingerprint density at radius 3 is 0.975 bits per heavy atom. The molecule has 0 atom stereocenters. The van der Waals surface area contributed by atoms with E-state index < -0.39 is 0 Å². The zero-order valence-electron chi connectivity index (χ0n) is 23.4. The Hall–Kier alpha value is -3.04. The van der Waals surface area contributed by atoms with E-state index in [0.717, 1.165) is 46.3 Å². The van der Waals surface area contributed by atoms with Gasteiger partial charge in [-0.15, -0.1) is 0 Å². The van der Waals surface area contributed by atoms with Crippen LogP contribution in [-0.4, -0.2) is 57.6 Å². The van der Waals surface area contributed by atoms with Crippen molar-refractivity contribution in [2.45, 2.75) is 26.2 Å². The molecule has 0 heterocycles. The largest absolute Gasteiger partial charge is 1.00 e. The van der Waals surface area contributed by atoms with Crippen LogP contribution < -0.4 is 34.0 Å². The first kappa shape index (κ1) is 33.2. The van der Waals surface area contributed by atoms with Crippen molar-refractivity contribution in [1.82, 2.24) is 0 Å². The minimum Gasteiger partial charge on any atom is -1.00 e. The lowest BCUT2D eigenvalue weighted by Crippen LogP contribution is -3.00. The number of phenols is 4. The van der Waals surface area contributed by atoms with Crippen molar-refractivity contribution in [3.05, 3.63) is 107 Å². The smallest absolute Gasteiger partial charge is 0.157 e. The number of aromatic hydroxyl groups is 4. The van der Waals surface area contributed by atoms with E-state index in [1.165, 1.54) is 34.4 Å². The highest BCUT2D eigenvalue weighted by Gasteiger charge is 2.19. The molecule has 0 aliphatic rings. The average Bonchev–Trinajstić information content (AvgIpc) is 2.84. The number of benzene rings is 4. The summed E-state index contributed by atoms with van der Waals surface area (Å²) in [5.41, 5.74) is 6.76. The standard InChI is InChI=1S/C32H36N2O4.2BrH/c1-33(2,21-25-9-15-29(35)31(37)17-25)19-23-5-11-27(12-6-23)28-13-7-24(8-14-28)20-34(3,4)22-26-10-16-30(36)32(38)18-26;;/h5-18H,19-22H2,1-4H3,(H2-2,35,36,37,38);2*1H. The van der Waals surface area contributed by atoms with E-state index in [0.29, 0.717) is 0 Å². The van der Waals surface area contributed by atoms with Gasteiger partial charge >= 0.3 is 0 Å². The highest BCUT2D eigenvalue weighted by atomic mass is 79.9. The zero-order chi connectivity index (χ0) is 27.5. The maximum Gasteiger partial charge on any atom is 0.157 e. The fourth-order valence-corrected chi connectivity index (χ4v) is 5.03. The first-order valence-electron chi connectivity index (χ1n) is 12.7. The van der Waals surface area contributed by atoms with Crippen LogP contribution in [0.2, 0.25) is 0 Å². The number of hydrogen-bond donors (Lipinski definition) is 4. The van der Waals surface area contributed by atoms with Crippen LogP contribution in [-0.2, 0) is 26.2 Å². The second-order valence-corrected chi connectivity index (χ2v) is 11.5. The predicted octanol–water partition coefficient (Wildman–Crippen LogP) is -0.263. The monoisotopic (exact) mass is 672 g/mol. The lowest BCUT2D eigenvalue weighted by Gasteiger charge is -2.30. The summed E-state index contributed by atoms with van der Waals surface area (Å²) in [5.74, 6) is -0.364. The quantitative estimate of drug-likeness (QED) is 0.146.